The van der Waals surface area contributed by atoms with E-state index in [1.165, 1.54) is 0 Å². The zero-order valence-electron chi connectivity index (χ0n) is 10.1. The van der Waals surface area contributed by atoms with Gasteiger partial charge in [-0.3, -0.25) is 0 Å². The third-order valence-corrected chi connectivity index (χ3v) is 2.83. The number of esters is 1. The van der Waals surface area contributed by atoms with E-state index < -0.39 is 5.97 Å². The molecule has 0 aliphatic rings. The lowest BCUT2D eigenvalue weighted by Gasteiger charge is -2.02. The molecule has 0 N–H and O–H groups in total. The number of halogens is 1. The smallest absolute Gasteiger partial charge is 0.378 e. The van der Waals surface area contributed by atoms with Gasteiger partial charge in [0.25, 0.3) is 5.82 Å². The molecule has 0 unspecified atom stereocenters. The number of ether oxygens (including phenoxy) is 1. The van der Waals surface area contributed by atoms with Crippen LogP contribution in [0.25, 0.3) is 5.69 Å². The number of hydrogen-bond acceptors (Lipinski definition) is 4. The van der Waals surface area contributed by atoms with Crippen molar-refractivity contribution in [2.45, 2.75) is 13.8 Å². The predicted octanol–water partition coefficient (Wildman–Crippen LogP) is 2.51. The molecule has 0 fully saturated rings. The monoisotopic (exact) mass is 309 g/mol. The highest BCUT2D eigenvalue weighted by Crippen LogP contribution is 2.14. The number of carbonyl (C=O) groups is 1. The van der Waals surface area contributed by atoms with Crippen molar-refractivity contribution in [3.8, 4) is 5.69 Å². The summed E-state index contributed by atoms with van der Waals surface area (Å²) in [5.41, 5.74) is 0.846. The van der Waals surface area contributed by atoms with E-state index >= 15 is 0 Å². The molecule has 0 saturated carbocycles. The quantitative estimate of drug-likeness (QED) is 0.817. The van der Waals surface area contributed by atoms with Crippen molar-refractivity contribution < 1.29 is 9.53 Å². The second-order valence-electron chi connectivity index (χ2n) is 3.59. The first-order valence-electron chi connectivity index (χ1n) is 5.48. The zero-order valence-corrected chi connectivity index (χ0v) is 11.6. The van der Waals surface area contributed by atoms with Crippen LogP contribution in [0.5, 0.6) is 0 Å². The van der Waals surface area contributed by atoms with E-state index in [0.29, 0.717) is 12.4 Å². The number of rotatable bonds is 3. The van der Waals surface area contributed by atoms with Gasteiger partial charge in [-0.05, 0) is 38.1 Å². The van der Waals surface area contributed by atoms with Crippen LogP contribution in [0.3, 0.4) is 0 Å². The predicted molar refractivity (Wildman–Crippen MR) is 69.8 cm³/mol. The first-order chi connectivity index (χ1) is 8.61. The Balaban J connectivity index is 2.34. The van der Waals surface area contributed by atoms with E-state index in [1.54, 1.807) is 18.5 Å². The minimum absolute atomic E-state index is 0.0808. The Kier molecular flexibility index (Phi) is 3.76. The number of nitrogens with zero attached hydrogens (tertiary/aromatic N) is 3. The molecule has 0 atom stereocenters. The van der Waals surface area contributed by atoms with Crippen LogP contribution in [0.15, 0.2) is 28.7 Å². The van der Waals surface area contributed by atoms with E-state index in [4.69, 9.17) is 4.74 Å². The summed E-state index contributed by atoms with van der Waals surface area (Å²) in [6, 6.07) is 7.59. The first-order valence-corrected chi connectivity index (χ1v) is 6.28. The van der Waals surface area contributed by atoms with Crippen LogP contribution in [-0.2, 0) is 4.74 Å². The summed E-state index contributed by atoms with van der Waals surface area (Å²) >= 11 is 3.37. The first kappa shape index (κ1) is 12.8. The minimum atomic E-state index is -0.503. The molecule has 0 aliphatic heterocycles. The van der Waals surface area contributed by atoms with E-state index in [0.717, 1.165) is 10.2 Å². The Hall–Kier alpha value is -1.69. The molecule has 2 rings (SSSR count). The zero-order chi connectivity index (χ0) is 13.1. The molecule has 0 radical (unpaired) electrons. The van der Waals surface area contributed by atoms with E-state index in [9.17, 15) is 4.79 Å². The summed E-state index contributed by atoms with van der Waals surface area (Å²) in [6.07, 6.45) is 0. The summed E-state index contributed by atoms with van der Waals surface area (Å²) in [5, 5.41) is 4.14. The van der Waals surface area contributed by atoms with Gasteiger partial charge in [0.05, 0.1) is 12.3 Å². The van der Waals surface area contributed by atoms with Crippen molar-refractivity contribution in [1.29, 1.82) is 0 Å². The average Bonchev–Trinajstić information content (AvgIpc) is 2.73. The van der Waals surface area contributed by atoms with Gasteiger partial charge >= 0.3 is 5.97 Å². The van der Waals surface area contributed by atoms with Crippen LogP contribution in [-0.4, -0.2) is 27.3 Å². The lowest BCUT2D eigenvalue weighted by atomic mass is 10.3. The maximum absolute atomic E-state index is 11.5. The van der Waals surface area contributed by atoms with Crippen LogP contribution in [0.2, 0.25) is 0 Å². The highest BCUT2D eigenvalue weighted by atomic mass is 79.9. The lowest BCUT2D eigenvalue weighted by molar-refractivity contribution is 0.0512. The second kappa shape index (κ2) is 5.30. The Labute approximate surface area is 113 Å². The van der Waals surface area contributed by atoms with Crippen LogP contribution >= 0.6 is 15.9 Å². The summed E-state index contributed by atoms with van der Waals surface area (Å²) in [4.78, 5) is 15.6. The molecular formula is C12H12BrN3O2. The molecule has 5 nitrogen and oxygen atoms in total. The summed E-state index contributed by atoms with van der Waals surface area (Å²) < 4.78 is 7.46. The molecule has 1 aromatic carbocycles. The molecule has 94 valence electrons. The van der Waals surface area contributed by atoms with Gasteiger partial charge in [0.15, 0.2) is 0 Å². The fraction of sp³-hybridized carbons (Fsp3) is 0.250. The van der Waals surface area contributed by atoms with E-state index in [1.807, 2.05) is 24.3 Å². The maximum Gasteiger partial charge on any atom is 0.378 e. The minimum Gasteiger partial charge on any atom is -0.460 e. The van der Waals surface area contributed by atoms with Crippen LogP contribution in [0, 0.1) is 6.92 Å². The van der Waals surface area contributed by atoms with Crippen LogP contribution in [0.1, 0.15) is 23.4 Å². The molecule has 0 amide bonds. The third-order valence-electron chi connectivity index (χ3n) is 2.30. The molecule has 0 saturated heterocycles. The number of aryl methyl sites for hydroxylation is 1. The molecule has 0 aliphatic carbocycles. The Bertz CT molecular complexity index is 563. The standard InChI is InChI=1S/C12H12BrN3O2/c1-3-18-12(17)11-14-8(2)16(15-11)10-6-4-9(13)5-7-10/h4-7H,3H2,1-2H3. The summed E-state index contributed by atoms with van der Waals surface area (Å²) in [5.74, 6) is 0.217. The molecule has 6 heteroatoms. The van der Waals surface area contributed by atoms with Crippen molar-refractivity contribution in [3.05, 3.63) is 40.4 Å². The second-order valence-corrected chi connectivity index (χ2v) is 4.51. The van der Waals surface area contributed by atoms with E-state index in [-0.39, 0.29) is 5.82 Å². The topological polar surface area (TPSA) is 57.0 Å². The van der Waals surface area contributed by atoms with Gasteiger partial charge in [-0.25, -0.2) is 14.5 Å². The summed E-state index contributed by atoms with van der Waals surface area (Å²) in [7, 11) is 0. The molecule has 1 heterocycles. The molecule has 18 heavy (non-hydrogen) atoms. The van der Waals surface area contributed by atoms with Gasteiger partial charge in [0, 0.05) is 4.47 Å². The van der Waals surface area contributed by atoms with Crippen LogP contribution in [0.4, 0.5) is 0 Å². The highest BCUT2D eigenvalue weighted by molar-refractivity contribution is 9.10. The maximum atomic E-state index is 11.5. The fourth-order valence-corrected chi connectivity index (χ4v) is 1.76. The largest absolute Gasteiger partial charge is 0.460 e. The van der Waals surface area contributed by atoms with Gasteiger partial charge in [-0.2, -0.15) is 0 Å². The number of aromatic nitrogens is 3. The Morgan fingerprint density at radius 3 is 2.67 bits per heavy atom. The lowest BCUT2D eigenvalue weighted by Crippen LogP contribution is -2.07. The van der Waals surface area contributed by atoms with Gasteiger partial charge in [0.1, 0.15) is 5.82 Å². The fourth-order valence-electron chi connectivity index (χ4n) is 1.50. The van der Waals surface area contributed by atoms with Crippen molar-refractivity contribution in [1.82, 2.24) is 14.8 Å². The molecule has 0 spiro atoms. The van der Waals surface area contributed by atoms with Gasteiger partial charge in [-0.1, -0.05) is 15.9 Å². The van der Waals surface area contributed by atoms with Crippen molar-refractivity contribution in [2.24, 2.45) is 0 Å². The Morgan fingerprint density at radius 1 is 1.39 bits per heavy atom. The van der Waals surface area contributed by atoms with Gasteiger partial charge < -0.3 is 4.74 Å². The number of hydrogen-bond donors (Lipinski definition) is 0. The van der Waals surface area contributed by atoms with Crippen molar-refractivity contribution >= 4 is 21.9 Å². The van der Waals surface area contributed by atoms with Crippen LogP contribution < -0.4 is 0 Å². The number of carbonyl (C=O) groups excluding carboxylic acids is 1. The molecule has 2 aromatic rings. The van der Waals surface area contributed by atoms with Gasteiger partial charge in [0.2, 0.25) is 0 Å². The summed E-state index contributed by atoms with van der Waals surface area (Å²) in [6.45, 7) is 3.85. The van der Waals surface area contributed by atoms with Crippen molar-refractivity contribution in [2.75, 3.05) is 6.61 Å². The average molecular weight is 310 g/mol. The Morgan fingerprint density at radius 2 is 2.06 bits per heavy atom. The number of benzene rings is 1. The van der Waals surface area contributed by atoms with Gasteiger partial charge in [-0.15, -0.1) is 5.10 Å². The third kappa shape index (κ3) is 2.59. The van der Waals surface area contributed by atoms with E-state index in [2.05, 4.69) is 26.0 Å². The molecular weight excluding hydrogens is 298 g/mol. The highest BCUT2D eigenvalue weighted by Gasteiger charge is 2.15. The van der Waals surface area contributed by atoms with Crippen molar-refractivity contribution in [3.63, 3.8) is 0 Å². The SMILES string of the molecule is CCOC(=O)c1nc(C)n(-c2ccc(Br)cc2)n1. The molecule has 0 bridgehead atoms. The molecule has 1 aromatic heterocycles. The normalized spacial score (nSPS) is 10.4.